The highest BCUT2D eigenvalue weighted by Gasteiger charge is 2.12. The Labute approximate surface area is 110 Å². The van der Waals surface area contributed by atoms with Gasteiger partial charge >= 0.3 is 0 Å². The molecule has 0 amide bonds. The van der Waals surface area contributed by atoms with Crippen molar-refractivity contribution < 1.29 is 9.47 Å². The highest BCUT2D eigenvalue weighted by molar-refractivity contribution is 6.32. The van der Waals surface area contributed by atoms with E-state index in [-0.39, 0.29) is 0 Å². The van der Waals surface area contributed by atoms with Gasteiger partial charge in [-0.2, -0.15) is 5.26 Å². The molecule has 2 aromatic rings. The van der Waals surface area contributed by atoms with Crippen molar-refractivity contribution in [1.29, 1.82) is 5.26 Å². The second-order valence-corrected chi connectivity index (χ2v) is 3.99. The summed E-state index contributed by atoms with van der Waals surface area (Å²) >= 11 is 6.07. The first-order valence-electron chi connectivity index (χ1n) is 5.27. The summed E-state index contributed by atoms with van der Waals surface area (Å²) in [4.78, 5) is 3.03. The van der Waals surface area contributed by atoms with Gasteiger partial charge in [0, 0.05) is 12.3 Å². The van der Waals surface area contributed by atoms with Crippen LogP contribution in [0.2, 0.25) is 5.02 Å². The monoisotopic (exact) mass is 262 g/mol. The van der Waals surface area contributed by atoms with E-state index in [0.29, 0.717) is 28.7 Å². The Morgan fingerprint density at radius 1 is 1.44 bits per heavy atom. The molecule has 0 saturated carbocycles. The van der Waals surface area contributed by atoms with Gasteiger partial charge in [-0.15, -0.1) is 0 Å². The SMILES string of the molecule is COc1cc(C#N)cc(Cl)c1OCc1ccc[nH]1. The van der Waals surface area contributed by atoms with Gasteiger partial charge in [-0.25, -0.2) is 0 Å². The van der Waals surface area contributed by atoms with Crippen molar-refractivity contribution >= 4 is 11.6 Å². The average Bonchev–Trinajstić information content (AvgIpc) is 2.89. The van der Waals surface area contributed by atoms with Crippen molar-refractivity contribution in [2.75, 3.05) is 7.11 Å². The number of aromatic amines is 1. The molecule has 4 nitrogen and oxygen atoms in total. The number of hydrogen-bond acceptors (Lipinski definition) is 3. The third kappa shape index (κ3) is 2.58. The molecule has 5 heteroatoms. The predicted molar refractivity (Wildman–Crippen MR) is 67.8 cm³/mol. The Morgan fingerprint density at radius 3 is 2.89 bits per heavy atom. The number of benzene rings is 1. The fraction of sp³-hybridized carbons (Fsp3) is 0.154. The van der Waals surface area contributed by atoms with Crippen LogP contribution in [0.1, 0.15) is 11.3 Å². The summed E-state index contributed by atoms with van der Waals surface area (Å²) in [6, 6.07) is 8.95. The summed E-state index contributed by atoms with van der Waals surface area (Å²) in [5.41, 5.74) is 1.36. The zero-order chi connectivity index (χ0) is 13.0. The Morgan fingerprint density at radius 2 is 2.28 bits per heavy atom. The summed E-state index contributed by atoms with van der Waals surface area (Å²) in [6.07, 6.45) is 1.82. The van der Waals surface area contributed by atoms with E-state index in [4.69, 9.17) is 26.3 Å². The Balaban J connectivity index is 2.24. The normalized spacial score (nSPS) is 9.83. The molecular weight excluding hydrogens is 252 g/mol. The van der Waals surface area contributed by atoms with Crippen LogP contribution in [-0.4, -0.2) is 12.1 Å². The van der Waals surface area contributed by atoms with Crippen LogP contribution in [0, 0.1) is 11.3 Å². The zero-order valence-corrected chi connectivity index (χ0v) is 10.5. The fourth-order valence-electron chi connectivity index (χ4n) is 1.53. The molecule has 0 radical (unpaired) electrons. The van der Waals surface area contributed by atoms with Crippen molar-refractivity contribution in [3.05, 3.63) is 46.7 Å². The smallest absolute Gasteiger partial charge is 0.180 e. The Hall–Kier alpha value is -2.12. The van der Waals surface area contributed by atoms with Crippen LogP contribution in [0.25, 0.3) is 0 Å². The van der Waals surface area contributed by atoms with Gasteiger partial charge in [0.1, 0.15) is 6.61 Å². The summed E-state index contributed by atoms with van der Waals surface area (Å²) < 4.78 is 10.8. The molecule has 0 atom stereocenters. The number of aromatic nitrogens is 1. The van der Waals surface area contributed by atoms with Gasteiger partial charge in [0.05, 0.1) is 29.5 Å². The van der Waals surface area contributed by atoms with Crippen molar-refractivity contribution in [2.24, 2.45) is 0 Å². The van der Waals surface area contributed by atoms with E-state index in [1.54, 1.807) is 12.1 Å². The number of halogens is 1. The summed E-state index contributed by atoms with van der Waals surface area (Å²) in [7, 11) is 1.51. The van der Waals surface area contributed by atoms with Crippen LogP contribution < -0.4 is 9.47 Å². The highest BCUT2D eigenvalue weighted by atomic mass is 35.5. The fourth-order valence-corrected chi connectivity index (χ4v) is 1.80. The minimum absolute atomic E-state index is 0.356. The quantitative estimate of drug-likeness (QED) is 0.921. The van der Waals surface area contributed by atoms with Crippen LogP contribution in [-0.2, 0) is 6.61 Å². The maximum atomic E-state index is 8.84. The molecule has 0 saturated heterocycles. The molecule has 18 heavy (non-hydrogen) atoms. The van der Waals surface area contributed by atoms with Crippen LogP contribution in [0.15, 0.2) is 30.5 Å². The molecule has 0 aliphatic carbocycles. The molecule has 1 aromatic carbocycles. The molecule has 0 spiro atoms. The van der Waals surface area contributed by atoms with Gasteiger partial charge in [0.25, 0.3) is 0 Å². The maximum Gasteiger partial charge on any atom is 0.180 e. The number of H-pyrrole nitrogens is 1. The van der Waals surface area contributed by atoms with Crippen LogP contribution in [0.4, 0.5) is 0 Å². The number of methoxy groups -OCH3 is 1. The largest absolute Gasteiger partial charge is 0.493 e. The standard InChI is InChI=1S/C13H11ClN2O2/c1-17-12-6-9(7-15)5-11(14)13(12)18-8-10-3-2-4-16-10/h2-6,16H,8H2,1H3. The van der Waals surface area contributed by atoms with Gasteiger partial charge in [-0.3, -0.25) is 0 Å². The number of hydrogen-bond donors (Lipinski definition) is 1. The first-order chi connectivity index (χ1) is 8.74. The minimum Gasteiger partial charge on any atom is -0.493 e. The molecular formula is C13H11ClN2O2. The minimum atomic E-state index is 0.356. The lowest BCUT2D eigenvalue weighted by Crippen LogP contribution is -1.99. The van der Waals surface area contributed by atoms with E-state index in [1.807, 2.05) is 24.4 Å². The number of nitriles is 1. The second kappa shape index (κ2) is 5.48. The number of nitrogens with one attached hydrogen (secondary N) is 1. The number of ether oxygens (including phenoxy) is 2. The van der Waals surface area contributed by atoms with E-state index in [2.05, 4.69) is 4.98 Å². The Kier molecular flexibility index (Phi) is 3.75. The summed E-state index contributed by atoms with van der Waals surface area (Å²) in [5.74, 6) is 0.887. The average molecular weight is 263 g/mol. The van der Waals surface area contributed by atoms with E-state index in [0.717, 1.165) is 5.69 Å². The highest BCUT2D eigenvalue weighted by Crippen LogP contribution is 2.36. The molecule has 1 N–H and O–H groups in total. The van der Waals surface area contributed by atoms with Crippen molar-refractivity contribution in [1.82, 2.24) is 4.98 Å². The molecule has 0 unspecified atom stereocenters. The third-order valence-electron chi connectivity index (χ3n) is 2.39. The zero-order valence-electron chi connectivity index (χ0n) is 9.74. The molecule has 92 valence electrons. The lowest BCUT2D eigenvalue weighted by Gasteiger charge is -2.12. The van der Waals surface area contributed by atoms with Crippen LogP contribution in [0.3, 0.4) is 0 Å². The van der Waals surface area contributed by atoms with Gasteiger partial charge in [0.2, 0.25) is 0 Å². The third-order valence-corrected chi connectivity index (χ3v) is 2.67. The number of nitrogens with zero attached hydrogens (tertiary/aromatic N) is 1. The second-order valence-electron chi connectivity index (χ2n) is 3.59. The van der Waals surface area contributed by atoms with Crippen molar-refractivity contribution in [3.63, 3.8) is 0 Å². The van der Waals surface area contributed by atoms with Crippen LogP contribution in [0.5, 0.6) is 11.5 Å². The topological polar surface area (TPSA) is 58.0 Å². The molecule has 1 heterocycles. The molecule has 0 aliphatic heterocycles. The number of rotatable bonds is 4. The summed E-state index contributed by atoms with van der Waals surface area (Å²) in [5, 5.41) is 9.20. The van der Waals surface area contributed by atoms with E-state index < -0.39 is 0 Å². The molecule has 0 fully saturated rings. The van der Waals surface area contributed by atoms with Crippen molar-refractivity contribution in [2.45, 2.75) is 6.61 Å². The van der Waals surface area contributed by atoms with E-state index in [1.165, 1.54) is 7.11 Å². The first-order valence-corrected chi connectivity index (χ1v) is 5.65. The molecule has 0 aliphatic rings. The summed E-state index contributed by atoms with van der Waals surface area (Å²) in [6.45, 7) is 0.356. The lowest BCUT2D eigenvalue weighted by molar-refractivity contribution is 0.281. The first kappa shape index (κ1) is 12.3. The van der Waals surface area contributed by atoms with E-state index >= 15 is 0 Å². The van der Waals surface area contributed by atoms with Gasteiger partial charge < -0.3 is 14.5 Å². The lowest BCUT2D eigenvalue weighted by atomic mass is 10.2. The molecule has 1 aromatic heterocycles. The molecule has 0 bridgehead atoms. The van der Waals surface area contributed by atoms with E-state index in [9.17, 15) is 0 Å². The maximum absolute atomic E-state index is 8.84. The van der Waals surface area contributed by atoms with Gasteiger partial charge in [-0.1, -0.05) is 11.6 Å². The molecule has 2 rings (SSSR count). The van der Waals surface area contributed by atoms with Gasteiger partial charge in [-0.05, 0) is 18.2 Å². The van der Waals surface area contributed by atoms with Gasteiger partial charge in [0.15, 0.2) is 11.5 Å². The predicted octanol–water partition coefficient (Wildman–Crippen LogP) is 3.13. The Bertz CT molecular complexity index is 573. The van der Waals surface area contributed by atoms with Crippen LogP contribution >= 0.6 is 11.6 Å². The van der Waals surface area contributed by atoms with Crippen molar-refractivity contribution in [3.8, 4) is 17.6 Å².